The molecule has 2 fully saturated rings. The van der Waals surface area contributed by atoms with Gasteiger partial charge in [0.1, 0.15) is 17.9 Å². The van der Waals surface area contributed by atoms with E-state index < -0.39 is 78.1 Å². The van der Waals surface area contributed by atoms with Crippen LogP contribution in [-0.2, 0) is 51.2 Å². The van der Waals surface area contributed by atoms with Crippen LogP contribution >= 0.6 is 0 Å². The van der Waals surface area contributed by atoms with E-state index in [0.29, 0.717) is 19.6 Å². The minimum atomic E-state index is -1.28. The molecule has 3 amide bonds. The number of allylic oxidation sites excluding steroid dienone is 1. The Kier molecular flexibility index (Phi) is 15.6. The van der Waals surface area contributed by atoms with Gasteiger partial charge in [-0.1, -0.05) is 68.5 Å². The number of nitrogens with two attached hydrogens (primary N) is 1. The Balaban J connectivity index is 1.41. The fraction of sp³-hybridized carbons (Fsp3) is 0.550. The minimum absolute atomic E-state index is 0.105. The van der Waals surface area contributed by atoms with E-state index in [1.807, 2.05) is 80.6 Å². The van der Waals surface area contributed by atoms with Crippen LogP contribution in [-0.4, -0.2) is 91.0 Å². The van der Waals surface area contributed by atoms with Crippen LogP contribution in [0, 0.1) is 11.8 Å². The summed E-state index contributed by atoms with van der Waals surface area (Å²) in [6.45, 7) is 9.57. The van der Waals surface area contributed by atoms with Crippen molar-refractivity contribution in [3.8, 4) is 5.75 Å². The molecule has 0 spiro atoms. The summed E-state index contributed by atoms with van der Waals surface area (Å²) in [7, 11) is 1.62. The number of carbonyl (C=O) groups is 4. The average molecular weight is 753 g/mol. The Hall–Kier alpha value is -4.34. The molecule has 0 aliphatic carbocycles. The third-order valence-electron chi connectivity index (χ3n) is 9.52. The Morgan fingerprint density at radius 1 is 0.944 bits per heavy atom. The van der Waals surface area contributed by atoms with E-state index in [1.54, 1.807) is 21.0 Å². The average Bonchev–Trinajstić information content (AvgIpc) is 3.63. The summed E-state index contributed by atoms with van der Waals surface area (Å²) in [5.74, 6) is -4.14. The van der Waals surface area contributed by atoms with Crippen LogP contribution in [0.5, 0.6) is 5.75 Å². The Bertz CT molecular complexity index is 1570. The Labute approximate surface area is 317 Å². The number of unbranched alkanes of at least 4 members (excludes halogenated alkanes) is 1. The number of amides is 3. The van der Waals surface area contributed by atoms with Crippen molar-refractivity contribution in [1.29, 1.82) is 0 Å². The summed E-state index contributed by atoms with van der Waals surface area (Å²) in [6, 6.07) is 13.1. The van der Waals surface area contributed by atoms with Gasteiger partial charge in [0, 0.05) is 19.1 Å². The van der Waals surface area contributed by atoms with Crippen LogP contribution in [0.15, 0.2) is 66.7 Å². The predicted octanol–water partition coefficient (Wildman–Crippen LogP) is 3.22. The largest absolute Gasteiger partial charge is 0.497 e. The second kappa shape index (κ2) is 19.8. The van der Waals surface area contributed by atoms with Crippen molar-refractivity contribution >= 4 is 23.7 Å². The first-order chi connectivity index (χ1) is 25.7. The maximum atomic E-state index is 14.0. The second-order valence-corrected chi connectivity index (χ2v) is 14.6. The van der Waals surface area contributed by atoms with Gasteiger partial charge in [-0.3, -0.25) is 19.2 Å². The fourth-order valence-electron chi connectivity index (χ4n) is 6.19. The summed E-state index contributed by atoms with van der Waals surface area (Å²) < 4.78 is 28.8. The van der Waals surface area contributed by atoms with E-state index in [0.717, 1.165) is 23.3 Å². The fourth-order valence-corrected chi connectivity index (χ4v) is 6.19. The van der Waals surface area contributed by atoms with Crippen molar-refractivity contribution in [2.24, 2.45) is 17.6 Å². The molecule has 296 valence electrons. The Morgan fingerprint density at radius 2 is 1.65 bits per heavy atom. The molecule has 0 radical (unpaired) electrons. The van der Waals surface area contributed by atoms with Gasteiger partial charge in [-0.2, -0.15) is 0 Å². The summed E-state index contributed by atoms with van der Waals surface area (Å²) in [4.78, 5) is 53.1. The van der Waals surface area contributed by atoms with Crippen molar-refractivity contribution < 1.29 is 48.0 Å². The maximum Gasteiger partial charge on any atom is 0.308 e. The first kappa shape index (κ1) is 42.4. The van der Waals surface area contributed by atoms with Crippen molar-refractivity contribution in [2.45, 2.75) is 115 Å². The van der Waals surface area contributed by atoms with Gasteiger partial charge in [-0.05, 0) is 69.2 Å². The van der Waals surface area contributed by atoms with Crippen LogP contribution < -0.4 is 26.4 Å². The van der Waals surface area contributed by atoms with Gasteiger partial charge >= 0.3 is 5.97 Å². The van der Waals surface area contributed by atoms with E-state index in [1.165, 1.54) is 6.92 Å². The standard InChI is InChI=1S/C40H56N4O10/c1-24(2)31(41)36(46)44-32-33(52-39-34(32)53-40(4,5)54-39)37(47)43-30(22-26-14-10-9-11-15-26)35(45)42-29(25(3)38(48)49)16-12-7-8-13-21-51-23-27-17-19-28(50-6)20-18-27/h7,9-12,14-15,17-20,24-25,29-34,39H,8,13,16,21-23,41H2,1-6H3,(H,42,45)(H,43,47)(H,44,46)(H,48,49)/b12-7-/t25-,29+,30+,31+,32-,33-,34+,39+/m0/s1. The monoisotopic (exact) mass is 752 g/mol. The number of fused-ring (bicyclic) bond motifs is 1. The number of benzene rings is 2. The summed E-state index contributed by atoms with van der Waals surface area (Å²) in [6.07, 6.45) is 2.56. The first-order valence-corrected chi connectivity index (χ1v) is 18.5. The number of aliphatic carboxylic acids is 1. The molecule has 2 aliphatic rings. The summed E-state index contributed by atoms with van der Waals surface area (Å²) in [5.41, 5.74) is 7.92. The summed E-state index contributed by atoms with van der Waals surface area (Å²) >= 11 is 0. The molecule has 14 nitrogen and oxygen atoms in total. The van der Waals surface area contributed by atoms with E-state index in [-0.39, 0.29) is 18.8 Å². The number of carboxylic acid groups (broad SMARTS) is 1. The predicted molar refractivity (Wildman–Crippen MR) is 200 cm³/mol. The van der Waals surface area contributed by atoms with Crippen LogP contribution in [0.4, 0.5) is 0 Å². The molecule has 0 aromatic heterocycles. The lowest BCUT2D eigenvalue weighted by molar-refractivity contribution is -0.208. The van der Waals surface area contributed by atoms with Crippen LogP contribution in [0.2, 0.25) is 0 Å². The highest BCUT2D eigenvalue weighted by Crippen LogP contribution is 2.37. The van der Waals surface area contributed by atoms with Gasteiger partial charge in [-0.25, -0.2) is 0 Å². The van der Waals surface area contributed by atoms with Crippen molar-refractivity contribution in [1.82, 2.24) is 16.0 Å². The van der Waals surface area contributed by atoms with Gasteiger partial charge in [0.25, 0.3) is 5.91 Å². The minimum Gasteiger partial charge on any atom is -0.497 e. The number of ether oxygens (including phenoxy) is 5. The highest BCUT2D eigenvalue weighted by molar-refractivity contribution is 5.91. The van der Waals surface area contributed by atoms with Crippen LogP contribution in [0.3, 0.4) is 0 Å². The number of carbonyl (C=O) groups excluding carboxylic acids is 3. The normalized spacial score (nSPS) is 22.6. The number of hydrogen-bond acceptors (Lipinski definition) is 10. The lowest BCUT2D eigenvalue weighted by atomic mass is 9.97. The Morgan fingerprint density at radius 3 is 2.30 bits per heavy atom. The van der Waals surface area contributed by atoms with Crippen molar-refractivity contribution in [3.63, 3.8) is 0 Å². The molecular formula is C40H56N4O10. The smallest absolute Gasteiger partial charge is 0.308 e. The van der Waals surface area contributed by atoms with E-state index in [2.05, 4.69) is 16.0 Å². The quantitative estimate of drug-likeness (QED) is 0.0984. The number of carboxylic acids is 1. The number of hydrogen-bond donors (Lipinski definition) is 5. The zero-order chi connectivity index (χ0) is 39.4. The molecule has 2 aromatic rings. The molecule has 0 unspecified atom stereocenters. The molecule has 6 N–H and O–H groups in total. The van der Waals surface area contributed by atoms with Gasteiger partial charge in [0.15, 0.2) is 18.2 Å². The third kappa shape index (κ3) is 12.1. The molecule has 4 rings (SSSR count). The lowest BCUT2D eigenvalue weighted by Gasteiger charge is -2.29. The van der Waals surface area contributed by atoms with Gasteiger partial charge < -0.3 is 50.5 Å². The molecule has 2 aliphatic heterocycles. The topological polar surface area (TPSA) is 197 Å². The molecule has 14 heteroatoms. The molecule has 2 saturated heterocycles. The van der Waals surface area contributed by atoms with Crippen molar-refractivity contribution in [2.75, 3.05) is 13.7 Å². The number of nitrogens with one attached hydrogen (secondary N) is 3. The number of rotatable bonds is 20. The highest BCUT2D eigenvalue weighted by Gasteiger charge is 2.57. The zero-order valence-corrected chi connectivity index (χ0v) is 32.0. The second-order valence-electron chi connectivity index (χ2n) is 14.6. The third-order valence-corrected chi connectivity index (χ3v) is 9.52. The molecular weight excluding hydrogens is 696 g/mol. The van der Waals surface area contributed by atoms with Crippen LogP contribution in [0.1, 0.15) is 65.0 Å². The molecule has 2 aromatic carbocycles. The van der Waals surface area contributed by atoms with Gasteiger partial charge in [0.05, 0.1) is 31.7 Å². The van der Waals surface area contributed by atoms with Gasteiger partial charge in [0.2, 0.25) is 11.8 Å². The molecule has 8 atom stereocenters. The van der Waals surface area contributed by atoms with E-state index in [9.17, 15) is 24.3 Å². The molecule has 0 saturated carbocycles. The van der Waals surface area contributed by atoms with Crippen LogP contribution in [0.25, 0.3) is 0 Å². The van der Waals surface area contributed by atoms with E-state index in [4.69, 9.17) is 29.4 Å². The SMILES string of the molecule is COc1ccc(COCCC/C=C\C[C@@H](NC(=O)[C@@H](Cc2ccccc2)NC(=O)[C@H]2O[C@@H]3OC(C)(C)O[C@@H]3[C@H]2NC(=O)[C@H](N)C(C)C)[C@H](C)C(=O)O)cc1. The first-order valence-electron chi connectivity index (χ1n) is 18.5. The molecule has 2 heterocycles. The molecule has 54 heavy (non-hydrogen) atoms. The van der Waals surface area contributed by atoms with Crippen molar-refractivity contribution in [3.05, 3.63) is 77.9 Å². The summed E-state index contributed by atoms with van der Waals surface area (Å²) in [5, 5.41) is 18.4. The number of methoxy groups -OCH3 is 1. The van der Waals surface area contributed by atoms with E-state index >= 15 is 0 Å². The highest BCUT2D eigenvalue weighted by atomic mass is 16.8. The lowest BCUT2D eigenvalue weighted by Crippen LogP contribution is -2.59. The molecule has 0 bridgehead atoms. The maximum absolute atomic E-state index is 14.0. The zero-order valence-electron chi connectivity index (χ0n) is 32.0. The van der Waals surface area contributed by atoms with Gasteiger partial charge in [-0.15, -0.1) is 0 Å².